The largest absolute Gasteiger partial charge is 0.493 e. The summed E-state index contributed by atoms with van der Waals surface area (Å²) in [6.45, 7) is 7.21. The van der Waals surface area contributed by atoms with Crippen molar-refractivity contribution in [2.45, 2.75) is 19.5 Å². The molecule has 5 aromatic rings. The molecular formula is C33H35F3N8O3S. The number of urea groups is 1. The molecule has 2 amide bonds. The number of hydrogen-bond donors (Lipinski definition) is 3. The Balaban J connectivity index is 1.11. The van der Waals surface area contributed by atoms with Gasteiger partial charge in [0, 0.05) is 55.6 Å². The Bertz CT molecular complexity index is 1930. The van der Waals surface area contributed by atoms with Crippen molar-refractivity contribution in [3.63, 3.8) is 0 Å². The number of amides is 2. The Labute approximate surface area is 279 Å². The molecule has 0 bridgehead atoms. The highest BCUT2D eigenvalue weighted by Gasteiger charge is 2.32. The molecule has 11 nitrogen and oxygen atoms in total. The first-order valence-corrected chi connectivity index (χ1v) is 16.2. The third kappa shape index (κ3) is 7.86. The van der Waals surface area contributed by atoms with Crippen LogP contribution in [0.15, 0.2) is 54.9 Å². The van der Waals surface area contributed by atoms with Crippen LogP contribution in [-0.4, -0.2) is 84.3 Å². The molecule has 1 fully saturated rings. The molecule has 0 atom stereocenters. The topological polar surface area (TPSA) is 117 Å². The van der Waals surface area contributed by atoms with Crippen LogP contribution in [0.5, 0.6) is 11.5 Å². The lowest BCUT2D eigenvalue weighted by Gasteiger charge is -2.32. The molecule has 1 aliphatic heterocycles. The minimum Gasteiger partial charge on any atom is -0.493 e. The molecule has 1 aliphatic rings. The smallest absolute Gasteiger partial charge is 0.416 e. The van der Waals surface area contributed by atoms with Crippen LogP contribution in [0.4, 0.5) is 40.3 Å². The molecule has 6 rings (SSSR count). The second kappa shape index (κ2) is 14.2. The highest BCUT2D eigenvalue weighted by atomic mass is 32.1. The first-order chi connectivity index (χ1) is 23.1. The molecule has 0 saturated carbocycles. The predicted octanol–water partition coefficient (Wildman–Crippen LogP) is 6.98. The zero-order chi connectivity index (χ0) is 33.8. The molecule has 0 radical (unpaired) electrons. The molecule has 252 valence electrons. The van der Waals surface area contributed by atoms with E-state index in [2.05, 4.69) is 47.7 Å². The SMILES string of the molecule is COc1cc2c(Nc3ccc4nc(NC(=O)Nc5ccc(C)c(C(F)(F)F)c5)sc4c3)ncnc2cc1OCCCN1CCN(C)CC1. The molecule has 3 heterocycles. The number of rotatable bonds is 10. The quantitative estimate of drug-likeness (QED) is 0.134. The number of carbonyl (C=O) groups excluding carboxylic acids is 1. The normalized spacial score (nSPS) is 14.3. The molecule has 1 saturated heterocycles. The van der Waals surface area contributed by atoms with E-state index in [0.29, 0.717) is 35.0 Å². The highest BCUT2D eigenvalue weighted by Crippen LogP contribution is 2.36. The van der Waals surface area contributed by atoms with E-state index in [1.54, 1.807) is 13.2 Å². The Morgan fingerprint density at radius 1 is 0.958 bits per heavy atom. The minimum atomic E-state index is -4.52. The summed E-state index contributed by atoms with van der Waals surface area (Å²) < 4.78 is 52.4. The molecule has 48 heavy (non-hydrogen) atoms. The average molecular weight is 681 g/mol. The Hall–Kier alpha value is -4.73. The number of benzene rings is 3. The highest BCUT2D eigenvalue weighted by molar-refractivity contribution is 7.22. The first kappa shape index (κ1) is 33.2. The number of thiazole rings is 1. The number of piperazine rings is 1. The van der Waals surface area contributed by atoms with Gasteiger partial charge in [-0.2, -0.15) is 13.2 Å². The number of hydrogen-bond acceptors (Lipinski definition) is 10. The van der Waals surface area contributed by atoms with Crippen LogP contribution < -0.4 is 25.4 Å². The van der Waals surface area contributed by atoms with Crippen molar-refractivity contribution < 1.29 is 27.4 Å². The number of aromatic nitrogens is 3. The number of aryl methyl sites for hydroxylation is 1. The summed E-state index contributed by atoms with van der Waals surface area (Å²) in [5.41, 5.74) is 1.33. The summed E-state index contributed by atoms with van der Waals surface area (Å²) in [6, 6.07) is 12.1. The van der Waals surface area contributed by atoms with Crippen molar-refractivity contribution in [2.24, 2.45) is 0 Å². The van der Waals surface area contributed by atoms with Gasteiger partial charge in [-0.05, 0) is 62.4 Å². The van der Waals surface area contributed by atoms with Crippen molar-refractivity contribution in [1.82, 2.24) is 24.8 Å². The van der Waals surface area contributed by atoms with Crippen molar-refractivity contribution in [2.75, 3.05) is 69.4 Å². The van der Waals surface area contributed by atoms with Gasteiger partial charge in [-0.25, -0.2) is 19.7 Å². The van der Waals surface area contributed by atoms with E-state index in [0.717, 1.165) is 61.0 Å². The fourth-order valence-electron chi connectivity index (χ4n) is 5.43. The van der Waals surface area contributed by atoms with E-state index >= 15 is 0 Å². The van der Waals surface area contributed by atoms with Crippen molar-refractivity contribution in [1.29, 1.82) is 0 Å². The van der Waals surface area contributed by atoms with E-state index in [-0.39, 0.29) is 16.4 Å². The lowest BCUT2D eigenvalue weighted by atomic mass is 10.1. The van der Waals surface area contributed by atoms with Gasteiger partial charge in [-0.1, -0.05) is 17.4 Å². The summed E-state index contributed by atoms with van der Waals surface area (Å²) in [5.74, 6) is 1.76. The number of likely N-dealkylation sites (N-methyl/N-ethyl adjacent to an activating group) is 1. The molecule has 3 aromatic carbocycles. The fraction of sp³-hybridized carbons (Fsp3) is 0.333. The third-order valence-electron chi connectivity index (χ3n) is 8.07. The second-order valence-electron chi connectivity index (χ2n) is 11.5. The van der Waals surface area contributed by atoms with E-state index in [4.69, 9.17) is 9.47 Å². The number of fused-ring (bicyclic) bond motifs is 2. The third-order valence-corrected chi connectivity index (χ3v) is 9.00. The predicted molar refractivity (Wildman–Crippen MR) is 182 cm³/mol. The van der Waals surface area contributed by atoms with E-state index in [9.17, 15) is 18.0 Å². The van der Waals surface area contributed by atoms with Crippen molar-refractivity contribution in [3.05, 3.63) is 66.0 Å². The number of nitrogens with one attached hydrogen (secondary N) is 3. The lowest BCUT2D eigenvalue weighted by molar-refractivity contribution is -0.138. The van der Waals surface area contributed by atoms with E-state index < -0.39 is 17.8 Å². The van der Waals surface area contributed by atoms with E-state index in [1.165, 1.54) is 36.7 Å². The second-order valence-corrected chi connectivity index (χ2v) is 12.6. The van der Waals surface area contributed by atoms with Gasteiger partial charge < -0.3 is 29.9 Å². The molecular weight excluding hydrogens is 645 g/mol. The number of nitrogens with zero attached hydrogens (tertiary/aromatic N) is 5. The number of alkyl halides is 3. The van der Waals surface area contributed by atoms with Gasteiger partial charge in [0.25, 0.3) is 0 Å². The Morgan fingerprint density at radius 3 is 2.52 bits per heavy atom. The number of halogens is 3. The molecule has 2 aromatic heterocycles. The van der Waals surface area contributed by atoms with Crippen molar-refractivity contribution >= 4 is 60.8 Å². The van der Waals surface area contributed by atoms with Crippen LogP contribution >= 0.6 is 11.3 Å². The monoisotopic (exact) mass is 680 g/mol. The molecule has 15 heteroatoms. The van der Waals surface area contributed by atoms with Gasteiger partial charge in [0.15, 0.2) is 16.6 Å². The molecule has 0 spiro atoms. The Kier molecular flexibility index (Phi) is 9.80. The standard InChI is InChI=1S/C33H35F3N8O3S/c1-20-5-6-21(15-24(20)33(34,35)36)40-31(45)42-32-41-25-8-7-22(16-29(25)48-32)39-30-23-17-27(46-3)28(18-26(23)37-19-38-30)47-14-4-9-44-12-10-43(2)11-13-44/h5-8,15-19H,4,9-14H2,1-3H3,(H,37,38,39)(H2,40,41,42,45). The van der Waals surface area contributed by atoms with Crippen LogP contribution in [0.2, 0.25) is 0 Å². The summed E-state index contributed by atoms with van der Waals surface area (Å²) in [6.07, 6.45) is -2.15. The molecule has 0 unspecified atom stereocenters. The minimum absolute atomic E-state index is 0.0200. The van der Waals surface area contributed by atoms with Gasteiger partial charge in [0.2, 0.25) is 0 Å². The summed E-state index contributed by atoms with van der Waals surface area (Å²) in [4.78, 5) is 30.7. The average Bonchev–Trinajstić information content (AvgIpc) is 3.45. The maximum Gasteiger partial charge on any atom is 0.416 e. The van der Waals surface area contributed by atoms with Crippen LogP contribution in [0.25, 0.3) is 21.1 Å². The first-order valence-electron chi connectivity index (χ1n) is 15.4. The zero-order valence-electron chi connectivity index (χ0n) is 26.6. The maximum atomic E-state index is 13.3. The van der Waals surface area contributed by atoms with Gasteiger partial charge in [-0.15, -0.1) is 0 Å². The van der Waals surface area contributed by atoms with Gasteiger partial charge >= 0.3 is 12.2 Å². The maximum absolute atomic E-state index is 13.3. The Morgan fingerprint density at radius 2 is 1.75 bits per heavy atom. The number of carbonyl (C=O) groups is 1. The molecule has 0 aliphatic carbocycles. The molecule has 3 N–H and O–H groups in total. The summed E-state index contributed by atoms with van der Waals surface area (Å²) >= 11 is 1.22. The van der Waals surface area contributed by atoms with E-state index in [1.807, 2.05) is 24.3 Å². The van der Waals surface area contributed by atoms with Crippen LogP contribution in [0, 0.1) is 6.92 Å². The number of anilines is 4. The van der Waals surface area contributed by atoms with Crippen molar-refractivity contribution in [3.8, 4) is 11.5 Å². The van der Waals surface area contributed by atoms with Crippen LogP contribution in [0.3, 0.4) is 0 Å². The van der Waals surface area contributed by atoms with Gasteiger partial charge in [0.1, 0.15) is 12.1 Å². The van der Waals surface area contributed by atoms with Gasteiger partial charge in [-0.3, -0.25) is 5.32 Å². The zero-order valence-corrected chi connectivity index (χ0v) is 27.5. The summed E-state index contributed by atoms with van der Waals surface area (Å²) in [5, 5.41) is 9.42. The number of methoxy groups -OCH3 is 1. The van der Waals surface area contributed by atoms with Crippen LogP contribution in [-0.2, 0) is 6.18 Å². The van der Waals surface area contributed by atoms with Crippen LogP contribution in [0.1, 0.15) is 17.5 Å². The summed E-state index contributed by atoms with van der Waals surface area (Å²) in [7, 11) is 3.74. The lowest BCUT2D eigenvalue weighted by Crippen LogP contribution is -2.44. The fourth-order valence-corrected chi connectivity index (χ4v) is 6.34. The van der Waals surface area contributed by atoms with Gasteiger partial charge in [0.05, 0.1) is 35.0 Å². The number of ether oxygens (including phenoxy) is 2.